The van der Waals surface area contributed by atoms with Crippen LogP contribution in [0.1, 0.15) is 5.82 Å². The van der Waals surface area contributed by atoms with Gasteiger partial charge in [0.15, 0.2) is 5.82 Å². The lowest BCUT2D eigenvalue weighted by Crippen LogP contribution is -2.03. The predicted molar refractivity (Wildman–Crippen MR) is 69.9 cm³/mol. The number of nitrogens with one attached hydrogen (secondary N) is 1. The minimum Gasteiger partial charge on any atom is -0.486 e. The first-order valence-electron chi connectivity index (χ1n) is 5.56. The zero-order valence-electron chi connectivity index (χ0n) is 10.3. The van der Waals surface area contributed by atoms with E-state index in [9.17, 15) is 4.79 Å². The number of ether oxygens (including phenoxy) is 2. The molecule has 6 nitrogen and oxygen atoms in total. The molecule has 0 bridgehead atoms. The fourth-order valence-corrected chi connectivity index (χ4v) is 1.91. The van der Waals surface area contributed by atoms with Gasteiger partial charge in [-0.15, -0.1) is 5.10 Å². The smallest absolute Gasteiger partial charge is 0.316 e. The Balaban J connectivity index is 1.82. The highest BCUT2D eigenvalue weighted by Gasteiger charge is 2.07. The van der Waals surface area contributed by atoms with Crippen LogP contribution >= 0.6 is 11.8 Å². The molecule has 7 heteroatoms. The van der Waals surface area contributed by atoms with Crippen LogP contribution in [-0.2, 0) is 16.1 Å². The van der Waals surface area contributed by atoms with Gasteiger partial charge >= 0.3 is 5.97 Å². The average Bonchev–Trinajstić information content (AvgIpc) is 2.91. The van der Waals surface area contributed by atoms with Crippen molar-refractivity contribution in [2.24, 2.45) is 0 Å². The number of carbonyl (C=O) groups excluding carboxylic acids is 1. The molecule has 0 saturated heterocycles. The first kappa shape index (κ1) is 13.4. The second-order valence-electron chi connectivity index (χ2n) is 3.53. The molecule has 1 heterocycles. The zero-order valence-corrected chi connectivity index (χ0v) is 11.1. The van der Waals surface area contributed by atoms with Crippen molar-refractivity contribution in [3.63, 3.8) is 0 Å². The van der Waals surface area contributed by atoms with Crippen molar-refractivity contribution in [1.29, 1.82) is 0 Å². The summed E-state index contributed by atoms with van der Waals surface area (Å²) in [4.78, 5) is 15.2. The maximum Gasteiger partial charge on any atom is 0.316 e. The minimum absolute atomic E-state index is 0.188. The van der Waals surface area contributed by atoms with E-state index in [2.05, 4.69) is 19.9 Å². The third-order valence-electron chi connectivity index (χ3n) is 2.18. The van der Waals surface area contributed by atoms with Gasteiger partial charge in [0.1, 0.15) is 12.4 Å². The second kappa shape index (κ2) is 6.79. The molecule has 0 fully saturated rings. The van der Waals surface area contributed by atoms with Gasteiger partial charge in [0, 0.05) is 0 Å². The van der Waals surface area contributed by atoms with Gasteiger partial charge in [-0.05, 0) is 12.1 Å². The van der Waals surface area contributed by atoms with Crippen molar-refractivity contribution < 1.29 is 14.3 Å². The summed E-state index contributed by atoms with van der Waals surface area (Å²) in [5.41, 5.74) is 0. The molecule has 0 atom stereocenters. The summed E-state index contributed by atoms with van der Waals surface area (Å²) in [7, 11) is 1.35. The quantitative estimate of drug-likeness (QED) is 0.640. The van der Waals surface area contributed by atoms with Gasteiger partial charge in [-0.3, -0.25) is 9.89 Å². The number of aromatic amines is 1. The topological polar surface area (TPSA) is 77.1 Å². The van der Waals surface area contributed by atoms with E-state index in [1.165, 1.54) is 18.9 Å². The number of nitrogens with zero attached hydrogens (tertiary/aromatic N) is 2. The van der Waals surface area contributed by atoms with E-state index in [0.29, 0.717) is 17.6 Å². The third kappa shape index (κ3) is 4.29. The largest absolute Gasteiger partial charge is 0.486 e. The number of carbonyl (C=O) groups is 1. The summed E-state index contributed by atoms with van der Waals surface area (Å²) in [5, 5.41) is 7.23. The number of hydrogen-bond donors (Lipinski definition) is 1. The van der Waals surface area contributed by atoms with E-state index in [1.54, 1.807) is 0 Å². The van der Waals surface area contributed by atoms with Crippen LogP contribution in [0, 0.1) is 0 Å². The molecular weight excluding hydrogens is 266 g/mol. The van der Waals surface area contributed by atoms with E-state index in [0.717, 1.165) is 5.75 Å². The maximum atomic E-state index is 11.0. The van der Waals surface area contributed by atoms with Crippen LogP contribution in [0.2, 0.25) is 0 Å². The van der Waals surface area contributed by atoms with Crippen LogP contribution in [0.15, 0.2) is 35.5 Å². The summed E-state index contributed by atoms with van der Waals surface area (Å²) in [6.45, 7) is 0.301. The van der Waals surface area contributed by atoms with Crippen molar-refractivity contribution >= 4 is 17.7 Å². The molecular formula is C12H13N3O3S. The summed E-state index contributed by atoms with van der Waals surface area (Å²) >= 11 is 1.21. The van der Waals surface area contributed by atoms with Gasteiger partial charge in [-0.25, -0.2) is 4.98 Å². The number of thioether (sulfide) groups is 1. The molecule has 0 radical (unpaired) electrons. The van der Waals surface area contributed by atoms with E-state index < -0.39 is 0 Å². The van der Waals surface area contributed by atoms with E-state index in [1.807, 2.05) is 30.3 Å². The average molecular weight is 279 g/mol. The first-order chi connectivity index (χ1) is 9.28. The lowest BCUT2D eigenvalue weighted by molar-refractivity contribution is -0.137. The Bertz CT molecular complexity index is 530. The van der Waals surface area contributed by atoms with Crippen LogP contribution in [0.4, 0.5) is 0 Å². The molecule has 0 aliphatic carbocycles. The highest BCUT2D eigenvalue weighted by Crippen LogP contribution is 2.14. The molecule has 19 heavy (non-hydrogen) atoms. The highest BCUT2D eigenvalue weighted by molar-refractivity contribution is 7.99. The standard InChI is InChI=1S/C12H13N3O3S/c1-17-11(16)8-19-12-13-10(14-15-12)7-18-9-5-3-2-4-6-9/h2-6H,7-8H2,1H3,(H,13,14,15). The number of methoxy groups -OCH3 is 1. The molecule has 0 saturated carbocycles. The molecule has 0 aliphatic heterocycles. The third-order valence-corrected chi connectivity index (χ3v) is 3.00. The number of rotatable bonds is 6. The lowest BCUT2D eigenvalue weighted by atomic mass is 10.3. The summed E-state index contributed by atoms with van der Waals surface area (Å²) < 4.78 is 10.1. The normalized spacial score (nSPS) is 10.2. The fourth-order valence-electron chi connectivity index (χ4n) is 1.26. The van der Waals surface area contributed by atoms with Crippen LogP contribution in [0.25, 0.3) is 0 Å². The fraction of sp³-hybridized carbons (Fsp3) is 0.250. The van der Waals surface area contributed by atoms with Crippen LogP contribution in [0.3, 0.4) is 0 Å². The molecule has 100 valence electrons. The molecule has 2 aromatic rings. The Labute approximate surface area is 114 Å². The van der Waals surface area contributed by atoms with Crippen molar-refractivity contribution in [1.82, 2.24) is 15.2 Å². The number of aromatic nitrogens is 3. The molecule has 2 rings (SSSR count). The number of hydrogen-bond acceptors (Lipinski definition) is 6. The Morgan fingerprint density at radius 3 is 2.89 bits per heavy atom. The number of H-pyrrole nitrogens is 1. The predicted octanol–water partition coefficient (Wildman–Crippen LogP) is 1.65. The Hall–Kier alpha value is -2.02. The number of benzene rings is 1. The molecule has 0 spiro atoms. The SMILES string of the molecule is COC(=O)CSc1n[nH]c(COc2ccccc2)n1. The van der Waals surface area contributed by atoms with E-state index >= 15 is 0 Å². The molecule has 0 unspecified atom stereocenters. The van der Waals surface area contributed by atoms with Gasteiger partial charge in [0.2, 0.25) is 5.16 Å². The lowest BCUT2D eigenvalue weighted by Gasteiger charge is -2.02. The molecule has 1 aromatic heterocycles. The van der Waals surface area contributed by atoms with Crippen LogP contribution < -0.4 is 4.74 Å². The van der Waals surface area contributed by atoms with Crippen LogP contribution in [0.5, 0.6) is 5.75 Å². The maximum absolute atomic E-state index is 11.0. The molecule has 0 amide bonds. The van der Waals surface area contributed by atoms with Gasteiger partial charge in [-0.2, -0.15) is 0 Å². The van der Waals surface area contributed by atoms with Gasteiger partial charge < -0.3 is 9.47 Å². The van der Waals surface area contributed by atoms with Gasteiger partial charge in [-0.1, -0.05) is 30.0 Å². The van der Waals surface area contributed by atoms with Crippen LogP contribution in [-0.4, -0.2) is 34.0 Å². The molecule has 0 aliphatic rings. The van der Waals surface area contributed by atoms with E-state index in [4.69, 9.17) is 4.74 Å². The monoisotopic (exact) mass is 279 g/mol. The van der Waals surface area contributed by atoms with Gasteiger partial charge in [0.05, 0.1) is 12.9 Å². The van der Waals surface area contributed by atoms with Gasteiger partial charge in [0.25, 0.3) is 0 Å². The van der Waals surface area contributed by atoms with Crippen molar-refractivity contribution in [2.75, 3.05) is 12.9 Å². The van der Waals surface area contributed by atoms with Crippen molar-refractivity contribution in [3.05, 3.63) is 36.2 Å². The molecule has 1 N–H and O–H groups in total. The second-order valence-corrected chi connectivity index (χ2v) is 4.47. The van der Waals surface area contributed by atoms with Crippen molar-refractivity contribution in [2.45, 2.75) is 11.8 Å². The zero-order chi connectivity index (χ0) is 13.5. The van der Waals surface area contributed by atoms with Crippen molar-refractivity contribution in [3.8, 4) is 5.75 Å². The summed E-state index contributed by atoms with van der Waals surface area (Å²) in [6.07, 6.45) is 0. The Morgan fingerprint density at radius 2 is 2.16 bits per heavy atom. The van der Waals surface area contributed by atoms with E-state index in [-0.39, 0.29) is 11.7 Å². The summed E-state index contributed by atoms with van der Waals surface area (Å²) in [5.74, 6) is 1.25. The molecule has 1 aromatic carbocycles. The Kier molecular flexibility index (Phi) is 4.79. The number of para-hydroxylation sites is 1. The Morgan fingerprint density at radius 1 is 1.37 bits per heavy atom. The highest BCUT2D eigenvalue weighted by atomic mass is 32.2. The summed E-state index contributed by atoms with van der Waals surface area (Å²) in [6, 6.07) is 9.44. The number of esters is 1. The minimum atomic E-state index is -0.308. The first-order valence-corrected chi connectivity index (χ1v) is 6.55.